The minimum Gasteiger partial charge on any atom is -0.508 e. The summed E-state index contributed by atoms with van der Waals surface area (Å²) in [7, 11) is 0. The average Bonchev–Trinajstić information content (AvgIpc) is 2.54. The Hall–Kier alpha value is -2.61. The van der Waals surface area contributed by atoms with Gasteiger partial charge >= 0.3 is 0 Å². The van der Waals surface area contributed by atoms with Gasteiger partial charge in [-0.2, -0.15) is 0 Å². The first kappa shape index (κ1) is 14.8. The lowest BCUT2D eigenvalue weighted by molar-refractivity contribution is -0.114. The van der Waals surface area contributed by atoms with Crippen LogP contribution in [0.15, 0.2) is 78.6 Å². The maximum absolute atomic E-state index is 11.4. The van der Waals surface area contributed by atoms with Gasteiger partial charge in [0, 0.05) is 12.5 Å². The third-order valence-corrected chi connectivity index (χ3v) is 3.12. The fourth-order valence-electron chi connectivity index (χ4n) is 2.03. The molecule has 0 unspecified atom stereocenters. The van der Waals surface area contributed by atoms with E-state index in [4.69, 9.17) is 0 Å². The molecule has 106 valence electrons. The molecule has 0 aliphatic heterocycles. The maximum Gasteiger partial charge on any atom is 0.159 e. The highest BCUT2D eigenvalue weighted by Crippen LogP contribution is 2.24. The van der Waals surface area contributed by atoms with Crippen molar-refractivity contribution in [1.82, 2.24) is 0 Å². The van der Waals surface area contributed by atoms with Crippen molar-refractivity contribution >= 4 is 11.4 Å². The van der Waals surface area contributed by atoms with Gasteiger partial charge in [-0.15, -0.1) is 0 Å². The van der Waals surface area contributed by atoms with E-state index in [1.165, 1.54) is 6.08 Å². The van der Waals surface area contributed by atoms with Crippen LogP contribution in [-0.2, 0) is 4.79 Å². The molecule has 2 rings (SSSR count). The molecule has 0 aliphatic rings. The van der Waals surface area contributed by atoms with E-state index in [2.05, 4.69) is 0 Å². The molecule has 0 aliphatic carbocycles. The van der Waals surface area contributed by atoms with Gasteiger partial charge in [-0.3, -0.25) is 4.79 Å². The zero-order valence-electron chi connectivity index (χ0n) is 12.0. The number of aliphatic hydroxyl groups is 1. The van der Waals surface area contributed by atoms with Gasteiger partial charge in [-0.1, -0.05) is 67.6 Å². The largest absolute Gasteiger partial charge is 0.508 e. The molecule has 2 aromatic carbocycles. The molecule has 0 atom stereocenters. The molecule has 0 fully saturated rings. The van der Waals surface area contributed by atoms with E-state index in [-0.39, 0.29) is 11.5 Å². The van der Waals surface area contributed by atoms with Crippen LogP contribution < -0.4 is 0 Å². The first-order chi connectivity index (χ1) is 10.2. The SMILES string of the molecule is CCC(=O)/C=C(/O)C=C(c1ccccc1)c1ccccc1. The normalized spacial score (nSPS) is 11.0. The number of benzene rings is 2. The number of ketones is 1. The predicted molar refractivity (Wildman–Crippen MR) is 86.0 cm³/mol. The highest BCUT2D eigenvalue weighted by Gasteiger charge is 2.06. The molecular formula is C19H18O2. The van der Waals surface area contributed by atoms with Crippen LogP contribution in [0.2, 0.25) is 0 Å². The minimum atomic E-state index is -0.0933. The molecule has 0 aromatic heterocycles. The van der Waals surface area contributed by atoms with E-state index < -0.39 is 0 Å². The van der Waals surface area contributed by atoms with Crippen LogP contribution in [0.25, 0.3) is 5.57 Å². The Labute approximate surface area is 125 Å². The van der Waals surface area contributed by atoms with Crippen molar-refractivity contribution < 1.29 is 9.90 Å². The first-order valence-corrected chi connectivity index (χ1v) is 6.96. The fraction of sp³-hybridized carbons (Fsp3) is 0.105. The summed E-state index contributed by atoms with van der Waals surface area (Å²) < 4.78 is 0. The summed E-state index contributed by atoms with van der Waals surface area (Å²) in [5.74, 6) is -0.117. The second-order valence-corrected chi connectivity index (χ2v) is 4.68. The van der Waals surface area contributed by atoms with E-state index in [1.54, 1.807) is 13.0 Å². The summed E-state index contributed by atoms with van der Waals surface area (Å²) >= 11 is 0. The molecule has 2 nitrogen and oxygen atoms in total. The number of carbonyl (C=O) groups is 1. The van der Waals surface area contributed by atoms with Gasteiger partial charge in [0.15, 0.2) is 5.78 Å². The van der Waals surface area contributed by atoms with Crippen LogP contribution in [0.4, 0.5) is 0 Å². The smallest absolute Gasteiger partial charge is 0.159 e. The third kappa shape index (κ3) is 4.18. The Morgan fingerprint density at radius 3 is 1.81 bits per heavy atom. The average molecular weight is 278 g/mol. The lowest BCUT2D eigenvalue weighted by Gasteiger charge is -2.08. The molecule has 2 heteroatoms. The summed E-state index contributed by atoms with van der Waals surface area (Å²) in [6.07, 6.45) is 3.29. The van der Waals surface area contributed by atoms with Crippen molar-refractivity contribution in [1.29, 1.82) is 0 Å². The number of carbonyl (C=O) groups excluding carboxylic acids is 1. The zero-order valence-corrected chi connectivity index (χ0v) is 12.0. The van der Waals surface area contributed by atoms with Gasteiger partial charge in [0.05, 0.1) is 0 Å². The summed E-state index contributed by atoms with van der Waals surface area (Å²) in [6.45, 7) is 1.77. The topological polar surface area (TPSA) is 37.3 Å². The van der Waals surface area contributed by atoms with Gasteiger partial charge in [-0.05, 0) is 22.8 Å². The molecule has 0 saturated heterocycles. The lowest BCUT2D eigenvalue weighted by atomic mass is 9.97. The maximum atomic E-state index is 11.4. The number of hydrogen-bond donors (Lipinski definition) is 1. The van der Waals surface area contributed by atoms with Crippen LogP contribution in [0.1, 0.15) is 24.5 Å². The zero-order chi connectivity index (χ0) is 15.1. The Kier molecular flexibility index (Phi) is 5.10. The third-order valence-electron chi connectivity index (χ3n) is 3.12. The molecule has 21 heavy (non-hydrogen) atoms. The van der Waals surface area contributed by atoms with Crippen LogP contribution >= 0.6 is 0 Å². The van der Waals surface area contributed by atoms with Crippen LogP contribution in [0, 0.1) is 0 Å². The number of hydrogen-bond acceptors (Lipinski definition) is 2. The quantitative estimate of drug-likeness (QED) is 0.495. The molecule has 0 heterocycles. The van der Waals surface area contributed by atoms with Gasteiger partial charge < -0.3 is 5.11 Å². The highest BCUT2D eigenvalue weighted by molar-refractivity contribution is 5.91. The highest BCUT2D eigenvalue weighted by atomic mass is 16.3. The van der Waals surface area contributed by atoms with Crippen molar-refractivity contribution in [3.05, 3.63) is 89.7 Å². The molecular weight excluding hydrogens is 260 g/mol. The van der Waals surface area contributed by atoms with Crippen molar-refractivity contribution in [3.8, 4) is 0 Å². The Bertz CT molecular complexity index is 611. The Morgan fingerprint density at radius 1 is 0.905 bits per heavy atom. The number of allylic oxidation sites excluding steroid dienone is 2. The molecule has 2 aromatic rings. The molecule has 1 N–H and O–H groups in total. The van der Waals surface area contributed by atoms with E-state index in [0.29, 0.717) is 6.42 Å². The minimum absolute atomic E-state index is 0.0236. The molecule has 0 saturated carbocycles. The van der Waals surface area contributed by atoms with E-state index in [9.17, 15) is 9.90 Å². The monoisotopic (exact) mass is 278 g/mol. The second kappa shape index (κ2) is 7.25. The van der Waals surface area contributed by atoms with Crippen molar-refractivity contribution in [2.75, 3.05) is 0 Å². The lowest BCUT2D eigenvalue weighted by Crippen LogP contribution is -1.93. The predicted octanol–water partition coefficient (Wildman–Crippen LogP) is 4.54. The van der Waals surface area contributed by atoms with Crippen LogP contribution in [-0.4, -0.2) is 10.9 Å². The summed E-state index contributed by atoms with van der Waals surface area (Å²) in [6, 6.07) is 19.6. The van der Waals surface area contributed by atoms with Gasteiger partial charge in [0.2, 0.25) is 0 Å². The fourth-order valence-corrected chi connectivity index (χ4v) is 2.03. The van der Waals surface area contributed by atoms with Crippen molar-refractivity contribution in [2.45, 2.75) is 13.3 Å². The van der Waals surface area contributed by atoms with E-state index >= 15 is 0 Å². The Morgan fingerprint density at radius 2 is 1.38 bits per heavy atom. The Balaban J connectivity index is 2.47. The summed E-state index contributed by atoms with van der Waals surface area (Å²) in [5, 5.41) is 10.0. The number of rotatable bonds is 5. The van der Waals surface area contributed by atoms with Crippen molar-refractivity contribution in [3.63, 3.8) is 0 Å². The summed E-state index contributed by atoms with van der Waals surface area (Å²) in [5.41, 5.74) is 2.87. The van der Waals surface area contributed by atoms with Gasteiger partial charge in [0.25, 0.3) is 0 Å². The first-order valence-electron chi connectivity index (χ1n) is 6.96. The second-order valence-electron chi connectivity index (χ2n) is 4.68. The molecule has 0 spiro atoms. The van der Waals surface area contributed by atoms with Gasteiger partial charge in [-0.25, -0.2) is 0 Å². The van der Waals surface area contributed by atoms with Crippen LogP contribution in [0.3, 0.4) is 0 Å². The van der Waals surface area contributed by atoms with Crippen molar-refractivity contribution in [2.24, 2.45) is 0 Å². The number of aliphatic hydroxyl groups excluding tert-OH is 1. The van der Waals surface area contributed by atoms with Crippen LogP contribution in [0.5, 0.6) is 0 Å². The molecule has 0 radical (unpaired) electrons. The summed E-state index contributed by atoms with van der Waals surface area (Å²) in [4.78, 5) is 11.4. The molecule has 0 bridgehead atoms. The van der Waals surface area contributed by atoms with E-state index in [0.717, 1.165) is 16.7 Å². The van der Waals surface area contributed by atoms with E-state index in [1.807, 2.05) is 60.7 Å². The molecule has 0 amide bonds. The van der Waals surface area contributed by atoms with Gasteiger partial charge in [0.1, 0.15) is 5.76 Å². The standard InChI is InChI=1S/C19H18O2/c1-2-17(20)13-18(21)14-19(15-9-5-3-6-10-15)16-11-7-4-8-12-16/h3-14,21H,2H2,1H3/b18-13+.